The van der Waals surface area contributed by atoms with Gasteiger partial charge in [-0.1, -0.05) is 0 Å². The second-order valence-corrected chi connectivity index (χ2v) is 11.6. The Morgan fingerprint density at radius 3 is 2.30 bits per heavy atom. The summed E-state index contributed by atoms with van der Waals surface area (Å²) in [5.74, 6) is -0.790. The number of rotatable bonds is 14. The van der Waals surface area contributed by atoms with Gasteiger partial charge in [-0.05, 0) is 32.2 Å². The maximum absolute atomic E-state index is 12.9. The third-order valence-electron chi connectivity index (χ3n) is 8.33. The lowest BCUT2D eigenvalue weighted by atomic mass is 9.73. The number of aliphatic hydroxyl groups excluding tert-OH is 4. The Morgan fingerprint density at radius 2 is 1.67 bits per heavy atom. The minimum atomic E-state index is -2.07. The maximum atomic E-state index is 12.9. The van der Waals surface area contributed by atoms with Crippen LogP contribution in [0.5, 0.6) is 0 Å². The van der Waals surface area contributed by atoms with Crippen LogP contribution in [-0.4, -0.2) is 156 Å². The summed E-state index contributed by atoms with van der Waals surface area (Å²) in [6.07, 6.45) is -10.1. The second kappa shape index (κ2) is 16.4. The van der Waals surface area contributed by atoms with Crippen LogP contribution < -0.4 is 45.0 Å². The molecule has 3 aliphatic rings. The van der Waals surface area contributed by atoms with E-state index in [4.69, 9.17) is 53.3 Å². The Bertz CT molecular complexity index is 867. The van der Waals surface area contributed by atoms with E-state index < -0.39 is 91.5 Å². The number of carbonyl (C=O) groups excluding carboxylic acids is 1. The summed E-state index contributed by atoms with van der Waals surface area (Å²) in [6, 6.07) is -3.84. The van der Waals surface area contributed by atoms with Crippen molar-refractivity contribution in [2.45, 2.75) is 111 Å². The molecule has 2 aliphatic heterocycles. The minimum absolute atomic E-state index is 0.0290. The van der Waals surface area contributed by atoms with Gasteiger partial charge in [-0.3, -0.25) is 4.79 Å². The number of hydrogen-bond donors (Lipinski definition) is 13. The van der Waals surface area contributed by atoms with Crippen molar-refractivity contribution in [3.8, 4) is 0 Å². The predicted octanol–water partition coefficient (Wildman–Crippen LogP) is -7.48. The highest BCUT2D eigenvalue weighted by molar-refractivity contribution is 5.80. The second-order valence-electron chi connectivity index (χ2n) is 11.6. The van der Waals surface area contributed by atoms with Gasteiger partial charge in [0.05, 0.1) is 30.8 Å². The lowest BCUT2D eigenvalue weighted by Crippen LogP contribution is -2.76. The Morgan fingerprint density at radius 1 is 0.977 bits per heavy atom. The fraction of sp³-hybridized carbons (Fsp3) is 0.960. The highest BCUT2D eigenvalue weighted by Crippen LogP contribution is 2.37. The number of aliphatic hydroxyl groups is 5. The molecule has 43 heavy (non-hydrogen) atoms. The van der Waals surface area contributed by atoms with Gasteiger partial charge >= 0.3 is 0 Å². The molecule has 1 saturated carbocycles. The summed E-state index contributed by atoms with van der Waals surface area (Å²) in [4.78, 5) is 12.9. The van der Waals surface area contributed by atoms with Crippen LogP contribution in [0.3, 0.4) is 0 Å². The summed E-state index contributed by atoms with van der Waals surface area (Å²) in [5, 5.41) is 59.3. The molecule has 2 saturated heterocycles. The van der Waals surface area contributed by atoms with Crippen molar-refractivity contribution in [2.75, 3.05) is 39.3 Å². The monoisotopic (exact) mass is 624 g/mol. The normalized spacial score (nSPS) is 42.9. The van der Waals surface area contributed by atoms with Crippen molar-refractivity contribution in [1.82, 2.24) is 10.6 Å². The predicted molar refractivity (Wildman–Crippen MR) is 151 cm³/mol. The first-order chi connectivity index (χ1) is 20.4. The zero-order chi connectivity index (χ0) is 31.9. The Labute approximate surface area is 250 Å². The zero-order valence-electron chi connectivity index (χ0n) is 24.3. The maximum Gasteiger partial charge on any atom is 0.249 e. The lowest BCUT2D eigenvalue weighted by molar-refractivity contribution is -0.332. The number of ether oxygens (including phenoxy) is 4. The molecule has 3 fully saturated rings. The van der Waals surface area contributed by atoms with Gasteiger partial charge < -0.3 is 89.5 Å². The van der Waals surface area contributed by atoms with E-state index in [1.54, 1.807) is 0 Å². The molecule has 19 N–H and O–H groups in total. The molecule has 18 nitrogen and oxygen atoms in total. The number of hydrogen-bond acceptors (Lipinski definition) is 17. The summed E-state index contributed by atoms with van der Waals surface area (Å²) >= 11 is 0. The molecule has 2 heterocycles. The van der Waals surface area contributed by atoms with E-state index in [0.717, 1.165) is 0 Å². The molecule has 18 heteroatoms. The smallest absolute Gasteiger partial charge is 0.249 e. The molecule has 3 rings (SSSR count). The fourth-order valence-electron chi connectivity index (χ4n) is 5.84. The van der Waals surface area contributed by atoms with E-state index in [2.05, 4.69) is 10.6 Å². The standard InChI is InChI=1S/C25H52N8O10/c26-4-3-15(35)22(38)33-14-7-13(30)20(42-23-12(29)2-1-11(8-28)40-23)25(39,10-32-6-5-27)21(14)43-24-19(37)17(31)18(36)16(9-34)41-24/h11-21,23-24,32,34-37,39H,1-10,26-31H2,(H,33,38)/t11?,12?,13-,14+,15-,16?,17-,18+,19?,20?,21-,23+,24+,25?/m0/s1. The van der Waals surface area contributed by atoms with Crippen LogP contribution >= 0.6 is 0 Å². The van der Waals surface area contributed by atoms with Crippen molar-refractivity contribution in [3.63, 3.8) is 0 Å². The molecule has 14 atom stereocenters. The molecule has 0 aromatic rings. The van der Waals surface area contributed by atoms with Crippen molar-refractivity contribution in [2.24, 2.45) is 34.4 Å². The zero-order valence-corrected chi connectivity index (χ0v) is 24.3. The van der Waals surface area contributed by atoms with Crippen LogP contribution in [0.25, 0.3) is 0 Å². The Kier molecular flexibility index (Phi) is 13.9. The molecule has 0 radical (unpaired) electrons. The average Bonchev–Trinajstić information content (AvgIpc) is 2.98. The van der Waals surface area contributed by atoms with Crippen molar-refractivity contribution >= 4 is 5.91 Å². The Balaban J connectivity index is 2.00. The molecule has 0 aromatic heterocycles. The molecule has 252 valence electrons. The number of amides is 1. The number of nitrogens with two attached hydrogens (primary N) is 6. The molecule has 0 spiro atoms. The van der Waals surface area contributed by atoms with E-state index in [1.807, 2.05) is 0 Å². The molecule has 1 aliphatic carbocycles. The van der Waals surface area contributed by atoms with E-state index in [0.29, 0.717) is 12.8 Å². The van der Waals surface area contributed by atoms with Gasteiger partial charge in [0, 0.05) is 32.2 Å². The average molecular weight is 625 g/mol. The summed E-state index contributed by atoms with van der Waals surface area (Å²) in [6.45, 7) is -0.119. The van der Waals surface area contributed by atoms with Crippen LogP contribution in [0.1, 0.15) is 25.7 Å². The van der Waals surface area contributed by atoms with E-state index in [1.165, 1.54) is 0 Å². The van der Waals surface area contributed by atoms with Gasteiger partial charge in [0.25, 0.3) is 0 Å². The summed E-state index contributed by atoms with van der Waals surface area (Å²) in [7, 11) is 0. The van der Waals surface area contributed by atoms with Crippen molar-refractivity contribution in [3.05, 3.63) is 0 Å². The topological polar surface area (TPSA) is 335 Å². The minimum Gasteiger partial charge on any atom is -0.394 e. The molecule has 1 amide bonds. The first-order valence-electron chi connectivity index (χ1n) is 14.8. The third kappa shape index (κ3) is 8.55. The summed E-state index contributed by atoms with van der Waals surface area (Å²) < 4.78 is 24.1. The van der Waals surface area contributed by atoms with E-state index in [9.17, 15) is 30.3 Å². The van der Waals surface area contributed by atoms with Crippen LogP contribution in [-0.2, 0) is 23.7 Å². The van der Waals surface area contributed by atoms with E-state index >= 15 is 0 Å². The van der Waals surface area contributed by atoms with Gasteiger partial charge in [0.2, 0.25) is 5.91 Å². The summed E-state index contributed by atoms with van der Waals surface area (Å²) in [5.41, 5.74) is 33.8. The van der Waals surface area contributed by atoms with Crippen LogP contribution in [0.2, 0.25) is 0 Å². The van der Waals surface area contributed by atoms with E-state index in [-0.39, 0.29) is 51.7 Å². The largest absolute Gasteiger partial charge is 0.394 e. The first kappa shape index (κ1) is 36.3. The van der Waals surface area contributed by atoms with Gasteiger partial charge in [0.1, 0.15) is 42.2 Å². The Hall–Kier alpha value is -1.17. The van der Waals surface area contributed by atoms with Gasteiger partial charge in [0.15, 0.2) is 12.6 Å². The SMILES string of the molecule is NCCNCC1(O)C(O[C@H]2OC(CN)CCC2N)[C@@H](N)C[C@@H](NC(=O)[C@@H](O)CCN)[C@@H]1O[C@H]1OC(CO)[C@@H](O)[C@H](N)C1O. The molecule has 0 bridgehead atoms. The number of carbonyl (C=O) groups is 1. The third-order valence-corrected chi connectivity index (χ3v) is 8.33. The van der Waals surface area contributed by atoms with Gasteiger partial charge in [-0.15, -0.1) is 0 Å². The molecular weight excluding hydrogens is 572 g/mol. The molecule has 6 unspecified atom stereocenters. The quantitative estimate of drug-likeness (QED) is 0.0798. The highest BCUT2D eigenvalue weighted by atomic mass is 16.7. The van der Waals surface area contributed by atoms with Crippen LogP contribution in [0, 0.1) is 0 Å². The van der Waals surface area contributed by atoms with Crippen LogP contribution in [0.4, 0.5) is 0 Å². The fourth-order valence-corrected chi connectivity index (χ4v) is 5.84. The highest BCUT2D eigenvalue weighted by Gasteiger charge is 2.59. The van der Waals surface area contributed by atoms with Crippen molar-refractivity contribution < 1.29 is 49.3 Å². The lowest BCUT2D eigenvalue weighted by Gasteiger charge is -2.54. The van der Waals surface area contributed by atoms with Gasteiger partial charge in [-0.25, -0.2) is 0 Å². The van der Waals surface area contributed by atoms with Crippen molar-refractivity contribution in [1.29, 1.82) is 0 Å². The molecule has 0 aromatic carbocycles. The number of nitrogens with one attached hydrogen (secondary N) is 2. The first-order valence-corrected chi connectivity index (χ1v) is 14.8. The van der Waals surface area contributed by atoms with Crippen LogP contribution in [0.15, 0.2) is 0 Å². The van der Waals surface area contributed by atoms with Gasteiger partial charge in [-0.2, -0.15) is 0 Å². The molecular formula is C25H52N8O10.